The Morgan fingerprint density at radius 3 is 2.25 bits per heavy atom. The van der Waals surface area contributed by atoms with Crippen molar-refractivity contribution in [2.24, 2.45) is 11.7 Å². The monoisotopic (exact) mass is 236 g/mol. The van der Waals surface area contributed by atoms with Crippen LogP contribution in [0.5, 0.6) is 0 Å². The van der Waals surface area contributed by atoms with Gasteiger partial charge >= 0.3 is 0 Å². The predicted octanol–water partition coefficient (Wildman–Crippen LogP) is 0.00740. The summed E-state index contributed by atoms with van der Waals surface area (Å²) in [4.78, 5) is 21.6. The van der Waals surface area contributed by atoms with Gasteiger partial charge in [0.1, 0.15) is 6.04 Å². The highest BCUT2D eigenvalue weighted by Crippen LogP contribution is 2.00. The molecule has 0 saturated heterocycles. The average molecular weight is 237 g/mol. The average Bonchev–Trinajstić information content (AvgIpc) is 1.98. The van der Waals surface area contributed by atoms with Gasteiger partial charge in [-0.25, -0.2) is 0 Å². The summed E-state index contributed by atoms with van der Waals surface area (Å²) in [6.07, 6.45) is 0. The van der Waals surface area contributed by atoms with Gasteiger partial charge in [0.2, 0.25) is 11.8 Å². The molecule has 2 amide bonds. The van der Waals surface area contributed by atoms with Crippen LogP contribution < -0.4 is 11.1 Å². The Labute approximate surface area is 80.0 Å². The molecule has 0 aliphatic rings. The number of hydrogen-bond donors (Lipinski definition) is 2. The number of primary amides is 1. The Balaban J connectivity index is 4.14. The summed E-state index contributed by atoms with van der Waals surface area (Å²) in [6.45, 7) is 3.65. The van der Waals surface area contributed by atoms with Gasteiger partial charge in [0, 0.05) is 0 Å². The van der Waals surface area contributed by atoms with Crippen LogP contribution in [-0.4, -0.2) is 23.2 Å². The number of nitrogens with one attached hydrogen (secondary N) is 1. The Kier molecular flexibility index (Phi) is 4.89. The van der Waals surface area contributed by atoms with Crippen molar-refractivity contribution in [2.45, 2.75) is 19.9 Å². The first-order valence-corrected chi connectivity index (χ1v) is 4.75. The maximum atomic E-state index is 10.9. The van der Waals surface area contributed by atoms with Gasteiger partial charge in [0.25, 0.3) is 0 Å². The number of halogens is 1. The molecule has 70 valence electrons. The maximum Gasteiger partial charge on any atom is 0.240 e. The number of hydrogen-bond acceptors (Lipinski definition) is 2. The Morgan fingerprint density at radius 1 is 1.50 bits per heavy atom. The van der Waals surface area contributed by atoms with Gasteiger partial charge in [-0.3, -0.25) is 9.59 Å². The minimum atomic E-state index is -0.574. The number of alkyl halides is 1. The number of carbonyl (C=O) groups excluding carboxylic acids is 2. The fourth-order valence-corrected chi connectivity index (χ4v) is 0.940. The van der Waals surface area contributed by atoms with Crippen LogP contribution in [0.1, 0.15) is 13.8 Å². The second-order valence-electron chi connectivity index (χ2n) is 2.83. The third kappa shape index (κ3) is 3.71. The van der Waals surface area contributed by atoms with E-state index >= 15 is 0 Å². The molecule has 0 aliphatic carbocycles. The zero-order valence-corrected chi connectivity index (χ0v) is 8.72. The molecule has 0 saturated carbocycles. The molecule has 4 nitrogen and oxygen atoms in total. The molecule has 0 bridgehead atoms. The summed E-state index contributed by atoms with van der Waals surface area (Å²) in [5.41, 5.74) is 5.07. The summed E-state index contributed by atoms with van der Waals surface area (Å²) in [5, 5.41) is 2.69. The van der Waals surface area contributed by atoms with E-state index in [0.29, 0.717) is 0 Å². The van der Waals surface area contributed by atoms with E-state index < -0.39 is 11.9 Å². The maximum absolute atomic E-state index is 10.9. The van der Waals surface area contributed by atoms with E-state index in [2.05, 4.69) is 21.2 Å². The van der Waals surface area contributed by atoms with Crippen molar-refractivity contribution in [3.8, 4) is 0 Å². The molecule has 0 aromatic heterocycles. The molecule has 0 fully saturated rings. The van der Waals surface area contributed by atoms with Crippen molar-refractivity contribution in [2.75, 3.05) is 5.33 Å². The van der Waals surface area contributed by atoms with Crippen molar-refractivity contribution in [3.05, 3.63) is 0 Å². The second-order valence-corrected chi connectivity index (χ2v) is 3.39. The largest absolute Gasteiger partial charge is 0.368 e. The van der Waals surface area contributed by atoms with Crippen molar-refractivity contribution in [1.29, 1.82) is 0 Å². The van der Waals surface area contributed by atoms with Crippen molar-refractivity contribution in [3.63, 3.8) is 0 Å². The molecule has 1 unspecified atom stereocenters. The first-order valence-electron chi connectivity index (χ1n) is 3.63. The van der Waals surface area contributed by atoms with Crippen LogP contribution in [0.3, 0.4) is 0 Å². The topological polar surface area (TPSA) is 72.2 Å². The molecular formula is C7H13BrN2O2. The first kappa shape index (κ1) is 11.4. The van der Waals surface area contributed by atoms with E-state index in [9.17, 15) is 9.59 Å². The van der Waals surface area contributed by atoms with Crippen molar-refractivity contribution >= 4 is 27.7 Å². The molecule has 0 heterocycles. The van der Waals surface area contributed by atoms with Crippen LogP contribution in [0.15, 0.2) is 0 Å². The molecule has 0 aliphatic heterocycles. The van der Waals surface area contributed by atoms with E-state index in [0.717, 1.165) is 0 Å². The van der Waals surface area contributed by atoms with Gasteiger partial charge in [-0.2, -0.15) is 0 Å². The van der Waals surface area contributed by atoms with Crippen molar-refractivity contribution in [1.82, 2.24) is 5.32 Å². The van der Waals surface area contributed by atoms with E-state index in [4.69, 9.17) is 5.73 Å². The van der Waals surface area contributed by atoms with Crippen LogP contribution in [0.4, 0.5) is 0 Å². The van der Waals surface area contributed by atoms with Crippen LogP contribution in [0, 0.1) is 5.92 Å². The summed E-state index contributed by atoms with van der Waals surface area (Å²) < 4.78 is 0. The van der Waals surface area contributed by atoms with Crippen LogP contribution in [0.25, 0.3) is 0 Å². The zero-order chi connectivity index (χ0) is 9.72. The Morgan fingerprint density at radius 2 is 2.00 bits per heavy atom. The van der Waals surface area contributed by atoms with Gasteiger partial charge < -0.3 is 11.1 Å². The first-order chi connectivity index (χ1) is 5.49. The van der Waals surface area contributed by atoms with E-state index in [1.54, 1.807) is 0 Å². The lowest BCUT2D eigenvalue weighted by atomic mass is 10.0. The summed E-state index contributed by atoms with van der Waals surface area (Å²) in [6, 6.07) is -0.574. The highest BCUT2D eigenvalue weighted by molar-refractivity contribution is 9.09. The second kappa shape index (κ2) is 5.13. The fraction of sp³-hybridized carbons (Fsp3) is 0.714. The number of amides is 2. The number of rotatable bonds is 4. The lowest BCUT2D eigenvalue weighted by Gasteiger charge is -2.17. The molecule has 1 atom stereocenters. The molecule has 3 N–H and O–H groups in total. The molecular weight excluding hydrogens is 224 g/mol. The minimum Gasteiger partial charge on any atom is -0.368 e. The van der Waals surface area contributed by atoms with Gasteiger partial charge in [0.15, 0.2) is 0 Å². The van der Waals surface area contributed by atoms with E-state index in [1.165, 1.54) is 0 Å². The van der Waals surface area contributed by atoms with Crippen molar-refractivity contribution < 1.29 is 9.59 Å². The highest BCUT2D eigenvalue weighted by Gasteiger charge is 2.20. The molecule has 0 radical (unpaired) electrons. The van der Waals surface area contributed by atoms with Gasteiger partial charge in [-0.05, 0) is 5.92 Å². The summed E-state index contributed by atoms with van der Waals surface area (Å²) in [5.74, 6) is -0.711. The lowest BCUT2D eigenvalue weighted by molar-refractivity contribution is -0.126. The van der Waals surface area contributed by atoms with Gasteiger partial charge in [0.05, 0.1) is 5.33 Å². The van der Waals surface area contributed by atoms with E-state index in [-0.39, 0.29) is 17.2 Å². The smallest absolute Gasteiger partial charge is 0.240 e. The van der Waals surface area contributed by atoms with Gasteiger partial charge in [-0.15, -0.1) is 0 Å². The SMILES string of the molecule is CC(C)C(NC(=O)CBr)C(N)=O. The van der Waals surface area contributed by atoms with Crippen LogP contribution >= 0.6 is 15.9 Å². The molecule has 0 aromatic rings. The third-order valence-electron chi connectivity index (χ3n) is 1.41. The Hall–Kier alpha value is -0.580. The van der Waals surface area contributed by atoms with Crippen LogP contribution in [-0.2, 0) is 9.59 Å². The normalized spacial score (nSPS) is 12.7. The summed E-state index contributed by atoms with van der Waals surface area (Å²) in [7, 11) is 0. The third-order valence-corrected chi connectivity index (χ3v) is 1.92. The Bertz CT molecular complexity index is 182. The summed E-state index contributed by atoms with van der Waals surface area (Å²) >= 11 is 2.98. The molecule has 12 heavy (non-hydrogen) atoms. The molecule has 0 rings (SSSR count). The highest BCUT2D eigenvalue weighted by atomic mass is 79.9. The molecule has 0 aromatic carbocycles. The molecule has 5 heteroatoms. The predicted molar refractivity (Wildman–Crippen MR) is 49.8 cm³/mol. The quantitative estimate of drug-likeness (QED) is 0.676. The standard InChI is InChI=1S/C7H13BrN2O2/c1-4(2)6(7(9)12)10-5(11)3-8/h4,6H,3H2,1-2H3,(H2,9,12)(H,10,11). The zero-order valence-electron chi connectivity index (χ0n) is 7.13. The number of carbonyl (C=O) groups is 2. The number of nitrogens with two attached hydrogens (primary N) is 1. The van der Waals surface area contributed by atoms with Gasteiger partial charge in [-0.1, -0.05) is 29.8 Å². The fourth-order valence-electron chi connectivity index (χ4n) is 0.778. The van der Waals surface area contributed by atoms with Crippen LogP contribution in [0.2, 0.25) is 0 Å². The molecule has 0 spiro atoms. The minimum absolute atomic E-state index is 0.0190. The van der Waals surface area contributed by atoms with E-state index in [1.807, 2.05) is 13.8 Å². The lowest BCUT2D eigenvalue weighted by Crippen LogP contribution is -2.48.